The van der Waals surface area contributed by atoms with E-state index in [1.807, 2.05) is 32.9 Å². The summed E-state index contributed by atoms with van der Waals surface area (Å²) in [6, 6.07) is 0. The summed E-state index contributed by atoms with van der Waals surface area (Å²) < 4.78 is 0. The van der Waals surface area contributed by atoms with E-state index in [0.717, 1.165) is 17.7 Å². The van der Waals surface area contributed by atoms with Gasteiger partial charge in [-0.05, 0) is 6.92 Å². The van der Waals surface area contributed by atoms with Crippen molar-refractivity contribution < 1.29 is 24.6 Å². The van der Waals surface area contributed by atoms with Crippen molar-refractivity contribution in [3.05, 3.63) is 29.3 Å². The van der Waals surface area contributed by atoms with Gasteiger partial charge in [0, 0.05) is 26.1 Å². The Bertz CT molecular complexity index is 187. The number of nitrogens with two attached hydrogens (primary N) is 1. The molecule has 0 heterocycles. The van der Waals surface area contributed by atoms with Gasteiger partial charge in [0.2, 0.25) is 0 Å². The topological polar surface area (TPSA) is 46.2 Å². The summed E-state index contributed by atoms with van der Waals surface area (Å²) in [5.41, 5.74) is 7.52. The van der Waals surface area contributed by atoms with Crippen molar-refractivity contribution >= 4 is 0 Å². The largest absolute Gasteiger partial charge is 0.414 e. The first-order chi connectivity index (χ1) is 5.61. The normalized spacial score (nSPS) is 12.3. The summed E-state index contributed by atoms with van der Waals surface area (Å²) in [6.07, 6.45) is 4.50. The van der Waals surface area contributed by atoms with Crippen molar-refractivity contribution in [3.63, 3.8) is 0 Å². The van der Waals surface area contributed by atoms with Crippen LogP contribution in [0.3, 0.4) is 0 Å². The number of hydrogen-bond donors (Lipinski definition) is 2. The molecule has 0 unspecified atom stereocenters. The van der Waals surface area contributed by atoms with E-state index in [2.05, 4.69) is 0 Å². The summed E-state index contributed by atoms with van der Waals surface area (Å²) in [6.45, 7) is 6.11. The molecule has 0 radical (unpaired) electrons. The summed E-state index contributed by atoms with van der Waals surface area (Å²) in [4.78, 5) is 0. The SMILES string of the molecule is C/C=C(N)\C=C(/C)[C-](C)CCO.[Zn]. The fourth-order valence-electron chi connectivity index (χ4n) is 0.821. The van der Waals surface area contributed by atoms with Crippen molar-refractivity contribution in [3.8, 4) is 0 Å². The summed E-state index contributed by atoms with van der Waals surface area (Å²) in [5, 5.41) is 8.68. The van der Waals surface area contributed by atoms with Gasteiger partial charge < -0.3 is 10.8 Å². The first-order valence-electron chi connectivity index (χ1n) is 4.15. The Balaban J connectivity index is 0. The standard InChI is InChI=1S/C10H18NO.Zn/c1-4-10(11)7-9(3)8(2)5-6-12;/h4,7,12H,5-6,11H2,1-3H3;/q-1;/b9-7+,10-4+;. The smallest absolute Gasteiger partial charge is 0.0316 e. The second kappa shape index (κ2) is 8.34. The number of aliphatic hydroxyl groups is 1. The minimum Gasteiger partial charge on any atom is -0.414 e. The van der Waals surface area contributed by atoms with E-state index in [-0.39, 0.29) is 26.1 Å². The van der Waals surface area contributed by atoms with Gasteiger partial charge in [0.25, 0.3) is 0 Å². The third-order valence-corrected chi connectivity index (χ3v) is 1.88. The summed E-state index contributed by atoms with van der Waals surface area (Å²) in [7, 11) is 0. The van der Waals surface area contributed by atoms with Gasteiger partial charge in [-0.15, -0.1) is 6.92 Å². The molecule has 0 aliphatic heterocycles. The molecule has 0 rings (SSSR count). The van der Waals surface area contributed by atoms with Gasteiger partial charge in [-0.2, -0.15) is 6.08 Å². The van der Waals surface area contributed by atoms with E-state index in [1.54, 1.807) is 0 Å². The van der Waals surface area contributed by atoms with Gasteiger partial charge in [-0.25, -0.2) is 11.5 Å². The average Bonchev–Trinajstić information content (AvgIpc) is 2.04. The molecule has 3 heteroatoms. The first kappa shape index (κ1) is 15.2. The number of hydrogen-bond acceptors (Lipinski definition) is 2. The summed E-state index contributed by atoms with van der Waals surface area (Å²) in [5.74, 6) is 1.18. The second-order valence-electron chi connectivity index (χ2n) is 2.87. The third-order valence-electron chi connectivity index (χ3n) is 1.88. The minimum absolute atomic E-state index is 0. The Kier molecular flexibility index (Phi) is 9.76. The van der Waals surface area contributed by atoms with Crippen LogP contribution in [0.2, 0.25) is 0 Å². The maximum absolute atomic E-state index is 8.68. The monoisotopic (exact) mass is 232 g/mol. The molecule has 0 aromatic rings. The van der Waals surface area contributed by atoms with Crippen LogP contribution in [0.25, 0.3) is 0 Å². The van der Waals surface area contributed by atoms with Crippen molar-refractivity contribution in [1.82, 2.24) is 0 Å². The molecular weight excluding hydrogens is 216 g/mol. The minimum atomic E-state index is 0. The van der Waals surface area contributed by atoms with Crippen molar-refractivity contribution in [2.24, 2.45) is 5.73 Å². The molecule has 72 valence electrons. The van der Waals surface area contributed by atoms with Crippen LogP contribution in [-0.2, 0) is 19.5 Å². The molecule has 0 amide bonds. The Morgan fingerprint density at radius 1 is 1.54 bits per heavy atom. The molecule has 3 N–H and O–H groups in total. The van der Waals surface area contributed by atoms with Gasteiger partial charge in [-0.1, -0.05) is 25.1 Å². The number of aliphatic hydroxyl groups excluding tert-OH is 1. The van der Waals surface area contributed by atoms with Crippen molar-refractivity contribution in [2.45, 2.75) is 27.2 Å². The predicted octanol–water partition coefficient (Wildman–Crippen LogP) is 1.77. The Morgan fingerprint density at radius 2 is 2.08 bits per heavy atom. The molecule has 0 saturated carbocycles. The van der Waals surface area contributed by atoms with E-state index in [1.165, 1.54) is 5.92 Å². The molecule has 0 bridgehead atoms. The molecule has 0 aromatic heterocycles. The van der Waals surface area contributed by atoms with Crippen LogP contribution in [-0.4, -0.2) is 11.7 Å². The van der Waals surface area contributed by atoms with Gasteiger partial charge in [-0.3, -0.25) is 0 Å². The fourth-order valence-corrected chi connectivity index (χ4v) is 0.821. The quantitative estimate of drug-likeness (QED) is 0.442. The Hall–Kier alpha value is -0.267. The zero-order valence-electron chi connectivity index (χ0n) is 8.80. The van der Waals surface area contributed by atoms with E-state index in [4.69, 9.17) is 10.8 Å². The van der Waals surface area contributed by atoms with Gasteiger partial charge in [0.15, 0.2) is 0 Å². The van der Waals surface area contributed by atoms with Crippen LogP contribution < -0.4 is 5.73 Å². The third kappa shape index (κ3) is 6.86. The van der Waals surface area contributed by atoms with Gasteiger partial charge >= 0.3 is 0 Å². The first-order valence-corrected chi connectivity index (χ1v) is 4.15. The average molecular weight is 234 g/mol. The fraction of sp³-hybridized carbons (Fsp3) is 0.500. The Labute approximate surface area is 93.7 Å². The molecule has 0 aliphatic carbocycles. The summed E-state index contributed by atoms with van der Waals surface area (Å²) >= 11 is 0. The molecule has 13 heavy (non-hydrogen) atoms. The van der Waals surface area contributed by atoms with Crippen LogP contribution >= 0.6 is 0 Å². The van der Waals surface area contributed by atoms with Crippen LogP contribution in [0.4, 0.5) is 0 Å². The molecule has 0 atom stereocenters. The van der Waals surface area contributed by atoms with Crippen LogP contribution in [0.15, 0.2) is 23.4 Å². The van der Waals surface area contributed by atoms with E-state index in [9.17, 15) is 0 Å². The molecule has 0 spiro atoms. The maximum Gasteiger partial charge on any atom is 0.0316 e. The van der Waals surface area contributed by atoms with Crippen LogP contribution in [0.5, 0.6) is 0 Å². The molecule has 0 fully saturated rings. The molecular formula is C10H18NOZn-. The molecule has 0 saturated heterocycles. The molecule has 0 aromatic carbocycles. The van der Waals surface area contributed by atoms with Crippen LogP contribution in [0, 0.1) is 5.92 Å². The van der Waals surface area contributed by atoms with E-state index in [0.29, 0.717) is 0 Å². The maximum atomic E-state index is 8.68. The van der Waals surface area contributed by atoms with E-state index < -0.39 is 0 Å². The Morgan fingerprint density at radius 3 is 2.46 bits per heavy atom. The van der Waals surface area contributed by atoms with Crippen LogP contribution in [0.1, 0.15) is 27.2 Å². The van der Waals surface area contributed by atoms with Gasteiger partial charge in [0.05, 0.1) is 0 Å². The number of rotatable bonds is 4. The number of allylic oxidation sites excluding steroid dienone is 3. The second-order valence-corrected chi connectivity index (χ2v) is 2.87. The van der Waals surface area contributed by atoms with Crippen molar-refractivity contribution in [2.75, 3.05) is 6.61 Å². The van der Waals surface area contributed by atoms with Crippen molar-refractivity contribution in [1.29, 1.82) is 0 Å². The van der Waals surface area contributed by atoms with E-state index >= 15 is 0 Å². The zero-order valence-corrected chi connectivity index (χ0v) is 11.8. The molecule has 0 aliphatic rings. The zero-order chi connectivity index (χ0) is 9.56. The molecule has 2 nitrogen and oxygen atoms in total. The van der Waals surface area contributed by atoms with Gasteiger partial charge in [0.1, 0.15) is 0 Å². The predicted molar refractivity (Wildman–Crippen MR) is 52.3 cm³/mol.